The van der Waals surface area contributed by atoms with Gasteiger partial charge in [-0.2, -0.15) is 5.10 Å². The van der Waals surface area contributed by atoms with Gasteiger partial charge in [-0.3, -0.25) is 0 Å². The van der Waals surface area contributed by atoms with E-state index in [0.717, 1.165) is 13.0 Å². The van der Waals surface area contributed by atoms with Crippen LogP contribution in [0.4, 0.5) is 0 Å². The van der Waals surface area contributed by atoms with Crippen LogP contribution in [-0.2, 0) is 0 Å². The fourth-order valence-corrected chi connectivity index (χ4v) is 1.32. The zero-order valence-corrected chi connectivity index (χ0v) is 10.3. The molecule has 0 saturated heterocycles. The average Bonchev–Trinajstić information content (AvgIpc) is 2.24. The molecule has 5 nitrogen and oxygen atoms in total. The van der Waals surface area contributed by atoms with Crippen molar-refractivity contribution in [1.29, 1.82) is 0 Å². The normalized spacial score (nSPS) is 10.4. The molecule has 0 spiro atoms. The molecule has 6 heteroatoms. The highest BCUT2D eigenvalue weighted by Crippen LogP contribution is 2.12. The fraction of sp³-hybridized carbons (Fsp3) is 0.500. The first kappa shape index (κ1) is 12.8. The monoisotopic (exact) mass is 240 g/mol. The summed E-state index contributed by atoms with van der Waals surface area (Å²) in [6.45, 7) is 1.54. The van der Waals surface area contributed by atoms with Gasteiger partial charge >= 0.3 is 0 Å². The third kappa shape index (κ3) is 4.08. The van der Waals surface area contributed by atoms with E-state index in [0.29, 0.717) is 18.1 Å². The van der Waals surface area contributed by atoms with Crippen molar-refractivity contribution in [2.75, 3.05) is 27.2 Å². The number of aromatic nitrogens is 2. The predicted molar refractivity (Wildman–Crippen MR) is 66.6 cm³/mol. The molecular formula is C10H16N4OS. The van der Waals surface area contributed by atoms with Crippen LogP contribution in [0.3, 0.4) is 0 Å². The van der Waals surface area contributed by atoms with Crippen LogP contribution in [0.15, 0.2) is 12.3 Å². The Balaban J connectivity index is 2.50. The van der Waals surface area contributed by atoms with E-state index in [1.54, 1.807) is 12.3 Å². The van der Waals surface area contributed by atoms with E-state index in [-0.39, 0.29) is 4.99 Å². The van der Waals surface area contributed by atoms with E-state index in [9.17, 15) is 0 Å². The van der Waals surface area contributed by atoms with Gasteiger partial charge in [0.1, 0.15) is 4.99 Å². The average molecular weight is 240 g/mol. The van der Waals surface area contributed by atoms with Gasteiger partial charge in [0.15, 0.2) is 0 Å². The van der Waals surface area contributed by atoms with Gasteiger partial charge in [-0.15, -0.1) is 5.10 Å². The molecule has 0 saturated carbocycles. The lowest BCUT2D eigenvalue weighted by Gasteiger charge is -2.11. The maximum absolute atomic E-state index is 5.54. The predicted octanol–water partition coefficient (Wildman–Crippen LogP) is 0.441. The van der Waals surface area contributed by atoms with Gasteiger partial charge in [0, 0.05) is 6.54 Å². The summed E-state index contributed by atoms with van der Waals surface area (Å²) in [5.41, 5.74) is 6.18. The smallest absolute Gasteiger partial charge is 0.243 e. The third-order valence-electron chi connectivity index (χ3n) is 1.94. The summed E-state index contributed by atoms with van der Waals surface area (Å²) >= 11 is 4.89. The van der Waals surface area contributed by atoms with E-state index in [1.165, 1.54) is 0 Å². The van der Waals surface area contributed by atoms with Crippen LogP contribution in [0.1, 0.15) is 12.0 Å². The lowest BCUT2D eigenvalue weighted by Crippen LogP contribution is -2.17. The molecule has 1 heterocycles. The molecule has 0 aromatic carbocycles. The van der Waals surface area contributed by atoms with Crippen LogP contribution >= 0.6 is 12.2 Å². The Morgan fingerprint density at radius 2 is 2.31 bits per heavy atom. The number of hydrogen-bond acceptors (Lipinski definition) is 5. The molecule has 0 aliphatic heterocycles. The Kier molecular flexibility index (Phi) is 5.07. The van der Waals surface area contributed by atoms with E-state index in [1.807, 2.05) is 14.1 Å². The van der Waals surface area contributed by atoms with Gasteiger partial charge in [0.05, 0.1) is 18.4 Å². The molecule has 88 valence electrons. The van der Waals surface area contributed by atoms with Crippen LogP contribution < -0.4 is 10.5 Å². The summed E-state index contributed by atoms with van der Waals surface area (Å²) < 4.78 is 5.48. The van der Waals surface area contributed by atoms with Crippen LogP contribution in [0.25, 0.3) is 0 Å². The lowest BCUT2D eigenvalue weighted by molar-refractivity contribution is 0.270. The van der Waals surface area contributed by atoms with Crippen LogP contribution in [0.5, 0.6) is 5.88 Å². The van der Waals surface area contributed by atoms with E-state index in [2.05, 4.69) is 15.1 Å². The quantitative estimate of drug-likeness (QED) is 0.575. The molecule has 0 unspecified atom stereocenters. The van der Waals surface area contributed by atoms with Crippen LogP contribution in [0.2, 0.25) is 0 Å². The van der Waals surface area contributed by atoms with Crippen LogP contribution in [-0.4, -0.2) is 47.3 Å². The molecule has 1 aromatic rings. The third-order valence-corrected chi connectivity index (χ3v) is 2.16. The highest BCUT2D eigenvalue weighted by atomic mass is 32.1. The van der Waals surface area contributed by atoms with E-state index in [4.69, 9.17) is 22.7 Å². The molecule has 0 amide bonds. The maximum Gasteiger partial charge on any atom is 0.243 e. The minimum Gasteiger partial charge on any atom is -0.476 e. The lowest BCUT2D eigenvalue weighted by atomic mass is 10.3. The maximum atomic E-state index is 5.54. The van der Waals surface area contributed by atoms with Gasteiger partial charge in [-0.1, -0.05) is 12.2 Å². The molecule has 0 fully saturated rings. The summed E-state index contributed by atoms with van der Waals surface area (Å²) in [4.78, 5) is 2.37. The van der Waals surface area contributed by atoms with Gasteiger partial charge in [-0.25, -0.2) is 0 Å². The van der Waals surface area contributed by atoms with Crippen molar-refractivity contribution in [3.63, 3.8) is 0 Å². The second-order valence-electron chi connectivity index (χ2n) is 3.62. The first-order chi connectivity index (χ1) is 7.61. The number of nitrogens with zero attached hydrogens (tertiary/aromatic N) is 3. The second-order valence-corrected chi connectivity index (χ2v) is 4.06. The summed E-state index contributed by atoms with van der Waals surface area (Å²) in [5.74, 6) is 0.411. The number of rotatable bonds is 6. The molecule has 0 aliphatic rings. The molecular weight excluding hydrogens is 224 g/mol. The van der Waals surface area contributed by atoms with Crippen molar-refractivity contribution in [2.45, 2.75) is 6.42 Å². The Bertz CT molecular complexity index is 356. The molecule has 0 bridgehead atoms. The summed E-state index contributed by atoms with van der Waals surface area (Å²) in [7, 11) is 4.03. The van der Waals surface area contributed by atoms with Gasteiger partial charge in [-0.05, 0) is 26.6 Å². The molecule has 0 atom stereocenters. The Labute approximate surface area is 101 Å². The number of nitrogens with two attached hydrogens (primary N) is 1. The largest absolute Gasteiger partial charge is 0.476 e. The second kappa shape index (κ2) is 6.34. The van der Waals surface area contributed by atoms with E-state index < -0.39 is 0 Å². The van der Waals surface area contributed by atoms with Crippen molar-refractivity contribution in [3.8, 4) is 5.88 Å². The molecule has 16 heavy (non-hydrogen) atoms. The zero-order valence-electron chi connectivity index (χ0n) is 9.51. The SMILES string of the molecule is CN(C)CCCOc1nnccc1C(N)=S. The number of ether oxygens (including phenoxy) is 1. The Hall–Kier alpha value is -1.27. The zero-order chi connectivity index (χ0) is 12.0. The Morgan fingerprint density at radius 1 is 1.56 bits per heavy atom. The highest BCUT2D eigenvalue weighted by Gasteiger charge is 2.07. The van der Waals surface area contributed by atoms with Gasteiger partial charge < -0.3 is 15.4 Å². The number of thiocarbonyl (C=S) groups is 1. The van der Waals surface area contributed by atoms with Crippen molar-refractivity contribution >= 4 is 17.2 Å². The fourth-order valence-electron chi connectivity index (χ4n) is 1.16. The summed E-state index contributed by atoms with van der Waals surface area (Å²) in [6, 6.07) is 1.70. The molecule has 0 radical (unpaired) electrons. The first-order valence-corrected chi connectivity index (χ1v) is 5.41. The van der Waals surface area contributed by atoms with Crippen molar-refractivity contribution in [1.82, 2.24) is 15.1 Å². The van der Waals surface area contributed by atoms with Crippen LogP contribution in [0, 0.1) is 0 Å². The van der Waals surface area contributed by atoms with Crippen molar-refractivity contribution in [3.05, 3.63) is 17.8 Å². The minimum atomic E-state index is 0.275. The van der Waals surface area contributed by atoms with Crippen molar-refractivity contribution < 1.29 is 4.74 Å². The molecule has 0 aliphatic carbocycles. The van der Waals surface area contributed by atoms with Gasteiger partial charge in [0.25, 0.3) is 0 Å². The molecule has 2 N–H and O–H groups in total. The van der Waals surface area contributed by atoms with Gasteiger partial charge in [0.2, 0.25) is 5.88 Å². The summed E-state index contributed by atoms with van der Waals surface area (Å²) in [6.07, 6.45) is 2.46. The topological polar surface area (TPSA) is 64.3 Å². The summed E-state index contributed by atoms with van der Waals surface area (Å²) in [5, 5.41) is 7.60. The standard InChI is InChI=1S/C10H16N4OS/c1-14(2)6-3-7-15-10-8(9(11)16)4-5-12-13-10/h4-5H,3,6-7H2,1-2H3,(H2,11,16). The number of hydrogen-bond donors (Lipinski definition) is 1. The molecule has 1 aromatic heterocycles. The Morgan fingerprint density at radius 3 is 2.94 bits per heavy atom. The molecule has 1 rings (SSSR count). The van der Waals surface area contributed by atoms with E-state index >= 15 is 0 Å². The first-order valence-electron chi connectivity index (χ1n) is 5.00. The highest BCUT2D eigenvalue weighted by molar-refractivity contribution is 7.80. The minimum absolute atomic E-state index is 0.275. The van der Waals surface area contributed by atoms with Crippen molar-refractivity contribution in [2.24, 2.45) is 5.73 Å².